The highest BCUT2D eigenvalue weighted by atomic mass is 16.2. The van der Waals surface area contributed by atoms with Crippen molar-refractivity contribution in [3.63, 3.8) is 0 Å². The predicted octanol–water partition coefficient (Wildman–Crippen LogP) is 1.82. The monoisotopic (exact) mass is 224 g/mol. The van der Waals surface area contributed by atoms with Crippen molar-refractivity contribution < 1.29 is 4.79 Å². The lowest BCUT2D eigenvalue weighted by Crippen LogP contribution is -2.67. The molecule has 0 unspecified atom stereocenters. The van der Waals surface area contributed by atoms with E-state index in [-0.39, 0.29) is 17.5 Å². The zero-order valence-corrected chi connectivity index (χ0v) is 10.5. The van der Waals surface area contributed by atoms with Gasteiger partial charge in [0, 0.05) is 12.1 Å². The van der Waals surface area contributed by atoms with Crippen LogP contribution in [0.1, 0.15) is 52.4 Å². The first-order chi connectivity index (χ1) is 7.63. The standard InChI is InChI=1S/C13H24N2O/c1-10(2)11-12(16)14-9-13(15-11)7-5-3-4-6-8-13/h10-11,15H,3-9H2,1-2H3,(H,14,16)/t11-/m0/s1. The van der Waals surface area contributed by atoms with Crippen LogP contribution in [0.15, 0.2) is 0 Å². The third-order valence-corrected chi connectivity index (χ3v) is 4.07. The lowest BCUT2D eigenvalue weighted by molar-refractivity contribution is -0.127. The van der Waals surface area contributed by atoms with E-state index in [0.717, 1.165) is 6.54 Å². The van der Waals surface area contributed by atoms with Gasteiger partial charge in [0.25, 0.3) is 0 Å². The highest BCUT2D eigenvalue weighted by Crippen LogP contribution is 2.29. The third-order valence-electron chi connectivity index (χ3n) is 4.07. The van der Waals surface area contributed by atoms with E-state index < -0.39 is 0 Å². The third kappa shape index (κ3) is 2.40. The van der Waals surface area contributed by atoms with Crippen LogP contribution in [0.2, 0.25) is 0 Å². The van der Waals surface area contributed by atoms with Gasteiger partial charge in [0.05, 0.1) is 6.04 Å². The predicted molar refractivity (Wildman–Crippen MR) is 65.2 cm³/mol. The number of nitrogens with one attached hydrogen (secondary N) is 2. The maximum atomic E-state index is 11.8. The summed E-state index contributed by atoms with van der Waals surface area (Å²) in [7, 11) is 0. The molecule has 0 aromatic carbocycles. The minimum Gasteiger partial charge on any atom is -0.353 e. The van der Waals surface area contributed by atoms with Crippen LogP contribution >= 0.6 is 0 Å². The van der Waals surface area contributed by atoms with Gasteiger partial charge in [-0.25, -0.2) is 0 Å². The largest absolute Gasteiger partial charge is 0.353 e. The summed E-state index contributed by atoms with van der Waals surface area (Å²) in [4.78, 5) is 11.8. The van der Waals surface area contributed by atoms with Crippen molar-refractivity contribution >= 4 is 5.91 Å². The molecular formula is C13H24N2O. The van der Waals surface area contributed by atoms with Gasteiger partial charge in [-0.2, -0.15) is 0 Å². The summed E-state index contributed by atoms with van der Waals surface area (Å²) >= 11 is 0. The average Bonchev–Trinajstić information content (AvgIpc) is 2.48. The molecule has 1 atom stereocenters. The number of carbonyl (C=O) groups is 1. The molecule has 16 heavy (non-hydrogen) atoms. The van der Waals surface area contributed by atoms with Gasteiger partial charge < -0.3 is 5.32 Å². The number of carbonyl (C=O) groups excluding carboxylic acids is 1. The summed E-state index contributed by atoms with van der Waals surface area (Å²) in [5.41, 5.74) is 0.194. The van der Waals surface area contributed by atoms with Crippen molar-refractivity contribution in [3.05, 3.63) is 0 Å². The quantitative estimate of drug-likeness (QED) is 0.713. The van der Waals surface area contributed by atoms with Crippen molar-refractivity contribution in [2.24, 2.45) is 5.92 Å². The lowest BCUT2D eigenvalue weighted by atomic mass is 9.85. The Morgan fingerprint density at radius 1 is 1.19 bits per heavy atom. The molecule has 1 aliphatic heterocycles. The summed E-state index contributed by atoms with van der Waals surface area (Å²) in [6.45, 7) is 5.06. The van der Waals surface area contributed by atoms with Crippen LogP contribution in [0.25, 0.3) is 0 Å². The second kappa shape index (κ2) is 4.74. The van der Waals surface area contributed by atoms with Crippen molar-refractivity contribution in [1.82, 2.24) is 10.6 Å². The molecule has 1 saturated heterocycles. The SMILES string of the molecule is CC(C)[C@@H]1NC2(CCCCCC2)CNC1=O. The minimum absolute atomic E-state index is 0.00634. The summed E-state index contributed by atoms with van der Waals surface area (Å²) in [6.07, 6.45) is 7.74. The van der Waals surface area contributed by atoms with Crippen LogP contribution in [0.5, 0.6) is 0 Å². The van der Waals surface area contributed by atoms with Crippen LogP contribution in [-0.4, -0.2) is 24.0 Å². The number of hydrogen-bond acceptors (Lipinski definition) is 2. The summed E-state index contributed by atoms with van der Waals surface area (Å²) < 4.78 is 0. The topological polar surface area (TPSA) is 41.1 Å². The maximum Gasteiger partial charge on any atom is 0.237 e. The summed E-state index contributed by atoms with van der Waals surface area (Å²) in [5.74, 6) is 0.560. The zero-order valence-electron chi connectivity index (χ0n) is 10.5. The molecule has 2 aliphatic rings. The summed E-state index contributed by atoms with van der Waals surface area (Å²) in [5, 5.41) is 6.75. The van der Waals surface area contributed by atoms with Gasteiger partial charge in [0.1, 0.15) is 0 Å². The molecule has 1 spiro atoms. The number of hydrogen-bond donors (Lipinski definition) is 2. The highest BCUT2D eigenvalue weighted by molar-refractivity contribution is 5.83. The normalized spacial score (nSPS) is 30.2. The molecule has 0 radical (unpaired) electrons. The van der Waals surface area contributed by atoms with E-state index in [4.69, 9.17) is 0 Å². The molecule has 0 aromatic heterocycles. The Balaban J connectivity index is 2.07. The molecule has 1 aliphatic carbocycles. The minimum atomic E-state index is 0.00634. The zero-order chi connectivity index (χ0) is 11.6. The molecule has 1 heterocycles. The van der Waals surface area contributed by atoms with E-state index in [2.05, 4.69) is 24.5 Å². The second-order valence-electron chi connectivity index (χ2n) is 5.78. The highest BCUT2D eigenvalue weighted by Gasteiger charge is 2.40. The Labute approximate surface area is 98.4 Å². The number of amides is 1. The van der Waals surface area contributed by atoms with Gasteiger partial charge in [-0.15, -0.1) is 0 Å². The molecule has 0 aromatic rings. The Hall–Kier alpha value is -0.570. The Kier molecular flexibility index (Phi) is 3.53. The molecule has 92 valence electrons. The van der Waals surface area contributed by atoms with Crippen LogP contribution in [-0.2, 0) is 4.79 Å². The van der Waals surface area contributed by atoms with Gasteiger partial charge >= 0.3 is 0 Å². The van der Waals surface area contributed by atoms with Crippen LogP contribution in [0.3, 0.4) is 0 Å². The fourth-order valence-corrected chi connectivity index (χ4v) is 3.01. The van der Waals surface area contributed by atoms with Crippen LogP contribution < -0.4 is 10.6 Å². The summed E-state index contributed by atoms with van der Waals surface area (Å²) in [6, 6.07) is 0.00634. The Morgan fingerprint density at radius 3 is 2.38 bits per heavy atom. The molecule has 2 fully saturated rings. The first-order valence-corrected chi connectivity index (χ1v) is 6.68. The fraction of sp³-hybridized carbons (Fsp3) is 0.923. The van der Waals surface area contributed by atoms with Gasteiger partial charge in [-0.1, -0.05) is 39.5 Å². The van der Waals surface area contributed by atoms with Crippen LogP contribution in [0.4, 0.5) is 0 Å². The molecule has 3 nitrogen and oxygen atoms in total. The van der Waals surface area contributed by atoms with Crippen molar-refractivity contribution in [3.8, 4) is 0 Å². The molecule has 2 N–H and O–H groups in total. The molecule has 3 heteroatoms. The molecule has 0 bridgehead atoms. The van der Waals surface area contributed by atoms with Crippen LogP contribution in [0, 0.1) is 5.92 Å². The molecular weight excluding hydrogens is 200 g/mol. The lowest BCUT2D eigenvalue weighted by Gasteiger charge is -2.43. The van der Waals surface area contributed by atoms with E-state index in [1.165, 1.54) is 38.5 Å². The first kappa shape index (κ1) is 11.9. The molecule has 1 saturated carbocycles. The maximum absolute atomic E-state index is 11.8. The molecule has 2 rings (SSSR count). The average molecular weight is 224 g/mol. The number of rotatable bonds is 1. The fourth-order valence-electron chi connectivity index (χ4n) is 3.01. The van der Waals surface area contributed by atoms with E-state index in [1.54, 1.807) is 0 Å². The van der Waals surface area contributed by atoms with E-state index >= 15 is 0 Å². The Morgan fingerprint density at radius 2 is 1.81 bits per heavy atom. The van der Waals surface area contributed by atoms with Crippen molar-refractivity contribution in [2.45, 2.75) is 64.0 Å². The van der Waals surface area contributed by atoms with Gasteiger partial charge in [-0.05, 0) is 18.8 Å². The molecule has 1 amide bonds. The van der Waals surface area contributed by atoms with E-state index in [9.17, 15) is 4.79 Å². The second-order valence-corrected chi connectivity index (χ2v) is 5.78. The smallest absolute Gasteiger partial charge is 0.237 e. The van der Waals surface area contributed by atoms with Crippen molar-refractivity contribution in [2.75, 3.05) is 6.54 Å². The number of piperazine rings is 1. The van der Waals surface area contributed by atoms with E-state index in [0.29, 0.717) is 5.92 Å². The van der Waals surface area contributed by atoms with Gasteiger partial charge in [0.15, 0.2) is 0 Å². The van der Waals surface area contributed by atoms with Gasteiger partial charge in [-0.3, -0.25) is 10.1 Å². The Bertz CT molecular complexity index is 255. The first-order valence-electron chi connectivity index (χ1n) is 6.68. The van der Waals surface area contributed by atoms with Crippen molar-refractivity contribution in [1.29, 1.82) is 0 Å². The van der Waals surface area contributed by atoms with E-state index in [1.807, 2.05) is 0 Å². The van der Waals surface area contributed by atoms with Gasteiger partial charge in [0.2, 0.25) is 5.91 Å².